The van der Waals surface area contributed by atoms with Crippen molar-refractivity contribution in [1.29, 1.82) is 0 Å². The van der Waals surface area contributed by atoms with Gasteiger partial charge in [0.2, 0.25) is 0 Å². The van der Waals surface area contributed by atoms with Crippen LogP contribution in [0.4, 0.5) is 14.5 Å². The molecule has 0 spiro atoms. The molecule has 0 radical (unpaired) electrons. The smallest absolute Gasteiger partial charge is 0.149 e. The molecule has 1 aromatic rings. The van der Waals surface area contributed by atoms with Crippen molar-refractivity contribution in [3.8, 4) is 0 Å². The van der Waals surface area contributed by atoms with Gasteiger partial charge in [0, 0.05) is 25.7 Å². The Bertz CT molecular complexity index is 447. The quantitative estimate of drug-likeness (QED) is 0.815. The number of rotatable bonds is 7. The third kappa shape index (κ3) is 4.16. The normalized spacial score (nSPS) is 15.3. The molecule has 1 aromatic carbocycles. The molecule has 1 fully saturated rings. The van der Waals surface area contributed by atoms with E-state index in [1.54, 1.807) is 0 Å². The van der Waals surface area contributed by atoms with Crippen molar-refractivity contribution in [2.24, 2.45) is 5.92 Å². The van der Waals surface area contributed by atoms with Gasteiger partial charge in [-0.15, -0.1) is 0 Å². The first-order chi connectivity index (χ1) is 10.0. The molecule has 4 heteroatoms. The predicted molar refractivity (Wildman–Crippen MR) is 83.6 cm³/mol. The first kappa shape index (κ1) is 16.2. The molecule has 2 rings (SSSR count). The molecule has 1 aliphatic carbocycles. The molecule has 0 bridgehead atoms. The van der Waals surface area contributed by atoms with E-state index in [2.05, 4.69) is 5.32 Å². The molecule has 1 aliphatic rings. The van der Waals surface area contributed by atoms with Crippen LogP contribution >= 0.6 is 0 Å². The van der Waals surface area contributed by atoms with Crippen LogP contribution in [-0.4, -0.2) is 19.1 Å². The maximum Gasteiger partial charge on any atom is 0.149 e. The van der Waals surface area contributed by atoms with Gasteiger partial charge in [0.05, 0.1) is 0 Å². The van der Waals surface area contributed by atoms with E-state index in [4.69, 9.17) is 0 Å². The monoisotopic (exact) mass is 296 g/mol. The summed E-state index contributed by atoms with van der Waals surface area (Å²) in [6.07, 6.45) is 3.60. The Morgan fingerprint density at radius 2 is 1.86 bits per heavy atom. The maximum absolute atomic E-state index is 14.3. The minimum Gasteiger partial charge on any atom is -0.367 e. The lowest BCUT2D eigenvalue weighted by molar-refractivity contribution is 0.317. The highest BCUT2D eigenvalue weighted by Crippen LogP contribution is 2.31. The molecule has 0 amide bonds. The van der Waals surface area contributed by atoms with Gasteiger partial charge < -0.3 is 10.2 Å². The van der Waals surface area contributed by atoms with Crippen molar-refractivity contribution in [3.63, 3.8) is 0 Å². The Kier molecular flexibility index (Phi) is 5.57. The van der Waals surface area contributed by atoms with Gasteiger partial charge in [-0.05, 0) is 43.4 Å². The van der Waals surface area contributed by atoms with Gasteiger partial charge in [0.1, 0.15) is 17.3 Å². The van der Waals surface area contributed by atoms with E-state index in [1.165, 1.54) is 31.4 Å². The summed E-state index contributed by atoms with van der Waals surface area (Å²) in [5.74, 6) is -0.306. The van der Waals surface area contributed by atoms with Gasteiger partial charge in [-0.2, -0.15) is 0 Å². The third-order valence-electron chi connectivity index (χ3n) is 4.19. The second-order valence-corrected chi connectivity index (χ2v) is 6.28. The maximum atomic E-state index is 14.3. The zero-order valence-electron chi connectivity index (χ0n) is 13.3. The fraction of sp³-hybridized carbons (Fsp3) is 0.647. The highest BCUT2D eigenvalue weighted by molar-refractivity contribution is 5.50. The molecule has 0 aliphatic heterocycles. The molecule has 1 saturated carbocycles. The Hall–Kier alpha value is -1.16. The molecule has 0 atom stereocenters. The highest BCUT2D eigenvalue weighted by Gasteiger charge is 2.24. The van der Waals surface area contributed by atoms with Crippen LogP contribution in [0.2, 0.25) is 0 Å². The number of anilines is 1. The van der Waals surface area contributed by atoms with Crippen LogP contribution in [0.3, 0.4) is 0 Å². The predicted octanol–water partition coefficient (Wildman–Crippen LogP) is 4.09. The van der Waals surface area contributed by atoms with Crippen molar-refractivity contribution in [3.05, 3.63) is 29.3 Å². The van der Waals surface area contributed by atoms with E-state index in [-0.39, 0.29) is 5.69 Å². The summed E-state index contributed by atoms with van der Waals surface area (Å²) in [6, 6.07) is 3.20. The molecule has 0 heterocycles. The van der Waals surface area contributed by atoms with Gasteiger partial charge in [0.25, 0.3) is 0 Å². The molecule has 0 aromatic heterocycles. The van der Waals surface area contributed by atoms with E-state index < -0.39 is 11.6 Å². The number of hydrogen-bond donors (Lipinski definition) is 1. The largest absolute Gasteiger partial charge is 0.367 e. The van der Waals surface area contributed by atoms with E-state index in [1.807, 2.05) is 25.7 Å². The molecule has 118 valence electrons. The molecular weight excluding hydrogens is 270 g/mol. The minimum atomic E-state index is -0.447. The van der Waals surface area contributed by atoms with Gasteiger partial charge >= 0.3 is 0 Å². The Balaban J connectivity index is 2.14. The first-order valence-corrected chi connectivity index (χ1v) is 7.97. The van der Waals surface area contributed by atoms with E-state index >= 15 is 0 Å². The van der Waals surface area contributed by atoms with Crippen molar-refractivity contribution in [1.82, 2.24) is 5.32 Å². The van der Waals surface area contributed by atoms with Gasteiger partial charge in [0.15, 0.2) is 0 Å². The number of halogens is 2. The molecule has 21 heavy (non-hydrogen) atoms. The van der Waals surface area contributed by atoms with E-state index in [9.17, 15) is 8.78 Å². The average Bonchev–Trinajstić information content (AvgIpc) is 2.37. The highest BCUT2D eigenvalue weighted by atomic mass is 19.1. The summed E-state index contributed by atoms with van der Waals surface area (Å²) < 4.78 is 28.7. The number of benzene rings is 1. The average molecular weight is 296 g/mol. The fourth-order valence-electron chi connectivity index (χ4n) is 2.71. The fourth-order valence-corrected chi connectivity index (χ4v) is 2.71. The topological polar surface area (TPSA) is 15.3 Å². The lowest BCUT2D eigenvalue weighted by atomic mass is 9.85. The molecular formula is C17H26F2N2. The number of nitrogens with zero attached hydrogens (tertiary/aromatic N) is 1. The second kappa shape index (κ2) is 7.21. The summed E-state index contributed by atoms with van der Waals surface area (Å²) in [5, 5.41) is 3.18. The van der Waals surface area contributed by atoms with Crippen molar-refractivity contribution < 1.29 is 8.78 Å². The van der Waals surface area contributed by atoms with Gasteiger partial charge in [-0.1, -0.05) is 20.3 Å². The zero-order chi connectivity index (χ0) is 15.4. The lowest BCUT2D eigenvalue weighted by Crippen LogP contribution is -2.33. The zero-order valence-corrected chi connectivity index (χ0v) is 13.3. The van der Waals surface area contributed by atoms with Crippen molar-refractivity contribution in [2.45, 2.75) is 52.6 Å². The van der Waals surface area contributed by atoms with Crippen LogP contribution in [0.1, 0.15) is 45.6 Å². The van der Waals surface area contributed by atoms with Crippen LogP contribution in [-0.2, 0) is 6.54 Å². The van der Waals surface area contributed by atoms with Crippen molar-refractivity contribution >= 4 is 5.69 Å². The van der Waals surface area contributed by atoms with Crippen LogP contribution in [0.15, 0.2) is 12.1 Å². The molecule has 2 nitrogen and oxygen atoms in total. The van der Waals surface area contributed by atoms with E-state index in [0.717, 1.165) is 6.54 Å². The van der Waals surface area contributed by atoms with Gasteiger partial charge in [-0.25, -0.2) is 8.78 Å². The van der Waals surface area contributed by atoms with Crippen LogP contribution in [0, 0.1) is 17.6 Å². The van der Waals surface area contributed by atoms with Crippen LogP contribution < -0.4 is 10.2 Å². The lowest BCUT2D eigenvalue weighted by Gasteiger charge is -2.33. The summed E-state index contributed by atoms with van der Waals surface area (Å²) in [6.45, 7) is 7.85. The Morgan fingerprint density at radius 1 is 1.24 bits per heavy atom. The third-order valence-corrected chi connectivity index (χ3v) is 4.19. The van der Waals surface area contributed by atoms with Crippen LogP contribution in [0.25, 0.3) is 0 Å². The summed E-state index contributed by atoms with van der Waals surface area (Å²) in [4.78, 5) is 1.84. The van der Waals surface area contributed by atoms with Crippen molar-refractivity contribution in [2.75, 3.05) is 18.0 Å². The molecule has 0 saturated heterocycles. The van der Waals surface area contributed by atoms with Gasteiger partial charge in [-0.3, -0.25) is 0 Å². The summed E-state index contributed by atoms with van der Waals surface area (Å²) in [7, 11) is 0. The first-order valence-electron chi connectivity index (χ1n) is 7.97. The Labute approximate surface area is 126 Å². The number of nitrogens with one attached hydrogen (secondary N) is 1. The minimum absolute atomic E-state index is 0.137. The van der Waals surface area contributed by atoms with E-state index in [0.29, 0.717) is 30.6 Å². The van der Waals surface area contributed by atoms with Crippen LogP contribution in [0.5, 0.6) is 0 Å². The summed E-state index contributed by atoms with van der Waals surface area (Å²) in [5.41, 5.74) is 0.792. The standard InChI is InChI=1S/C17H26F2N2/c1-4-21(11-13-6-5-7-13)17-15(18)8-14(9-16(17)19)10-20-12(2)3/h8-9,12-13,20H,4-7,10-11H2,1-3H3. The Morgan fingerprint density at radius 3 is 2.29 bits per heavy atom. The SMILES string of the molecule is CCN(CC1CCC1)c1c(F)cc(CNC(C)C)cc1F. The summed E-state index contributed by atoms with van der Waals surface area (Å²) >= 11 is 0. The number of hydrogen-bond acceptors (Lipinski definition) is 2. The molecule has 0 unspecified atom stereocenters. The molecule has 1 N–H and O–H groups in total. The second-order valence-electron chi connectivity index (χ2n) is 6.28.